The van der Waals surface area contributed by atoms with Crippen molar-refractivity contribution in [1.82, 2.24) is 19.8 Å². The molecule has 1 saturated heterocycles. The molecule has 2 aromatic rings. The van der Waals surface area contributed by atoms with Crippen LogP contribution in [0.2, 0.25) is 0 Å². The van der Waals surface area contributed by atoms with E-state index in [1.54, 1.807) is 29.4 Å². The number of fused-ring (bicyclic) bond motifs is 1. The Balaban J connectivity index is 1.66. The molecule has 1 fully saturated rings. The van der Waals surface area contributed by atoms with Crippen LogP contribution in [0.25, 0.3) is 0 Å². The average Bonchev–Trinajstić information content (AvgIpc) is 3.32. The first-order chi connectivity index (χ1) is 11.6. The summed E-state index contributed by atoms with van der Waals surface area (Å²) < 4.78 is 0. The van der Waals surface area contributed by atoms with Gasteiger partial charge in [-0.05, 0) is 31.0 Å². The Morgan fingerprint density at radius 3 is 2.79 bits per heavy atom. The fraction of sp³-hybridized carbons (Fsp3) is 0.294. The summed E-state index contributed by atoms with van der Waals surface area (Å²) in [5.41, 5.74) is 1.06. The molecular formula is C17H16N4O3. The van der Waals surface area contributed by atoms with E-state index in [-0.39, 0.29) is 23.8 Å². The standard InChI is InChI=1S/C17H16N4O3/c1-20-16(23)11-5-4-10(9-12(11)17(20)24)15(22)21-8-2-3-13(21)14-18-6-7-19-14/h4-7,9,13H,2-3,8H2,1H3,(H,18,19). The largest absolute Gasteiger partial charge is 0.347 e. The molecule has 0 bridgehead atoms. The molecular weight excluding hydrogens is 308 g/mol. The molecule has 7 heteroatoms. The van der Waals surface area contributed by atoms with Crippen LogP contribution in [-0.2, 0) is 0 Å². The number of aromatic nitrogens is 2. The van der Waals surface area contributed by atoms with E-state index in [0.717, 1.165) is 23.6 Å². The molecule has 1 N–H and O–H groups in total. The third kappa shape index (κ3) is 2.05. The van der Waals surface area contributed by atoms with Gasteiger partial charge in [0, 0.05) is 31.5 Å². The Kier molecular flexibility index (Phi) is 3.23. The second kappa shape index (κ2) is 5.30. The van der Waals surface area contributed by atoms with Gasteiger partial charge >= 0.3 is 0 Å². The van der Waals surface area contributed by atoms with Gasteiger partial charge in [-0.15, -0.1) is 0 Å². The van der Waals surface area contributed by atoms with Gasteiger partial charge in [-0.3, -0.25) is 19.3 Å². The third-order valence-corrected chi connectivity index (χ3v) is 4.69. The number of nitrogens with zero attached hydrogens (tertiary/aromatic N) is 3. The zero-order valence-corrected chi connectivity index (χ0v) is 13.2. The summed E-state index contributed by atoms with van der Waals surface area (Å²) in [4.78, 5) is 47.1. The van der Waals surface area contributed by atoms with E-state index < -0.39 is 0 Å². The first-order valence-electron chi connectivity index (χ1n) is 7.84. The monoisotopic (exact) mass is 324 g/mol. The van der Waals surface area contributed by atoms with Crippen LogP contribution in [0.3, 0.4) is 0 Å². The van der Waals surface area contributed by atoms with Gasteiger partial charge in [0.25, 0.3) is 17.7 Å². The minimum atomic E-state index is -0.367. The molecule has 1 atom stereocenters. The van der Waals surface area contributed by atoms with Gasteiger partial charge in [0.2, 0.25) is 0 Å². The molecule has 7 nitrogen and oxygen atoms in total. The Morgan fingerprint density at radius 1 is 1.25 bits per heavy atom. The lowest BCUT2D eigenvalue weighted by Gasteiger charge is -2.23. The number of aromatic amines is 1. The number of likely N-dealkylation sites (tertiary alicyclic amines) is 1. The summed E-state index contributed by atoms with van der Waals surface area (Å²) in [5, 5.41) is 0. The first-order valence-corrected chi connectivity index (χ1v) is 7.84. The van der Waals surface area contributed by atoms with Crippen molar-refractivity contribution < 1.29 is 14.4 Å². The van der Waals surface area contributed by atoms with Crippen molar-refractivity contribution >= 4 is 17.7 Å². The van der Waals surface area contributed by atoms with Gasteiger partial charge in [-0.2, -0.15) is 0 Å². The number of H-pyrrole nitrogens is 1. The molecule has 3 heterocycles. The minimum Gasteiger partial charge on any atom is -0.347 e. The lowest BCUT2D eigenvalue weighted by molar-refractivity contribution is 0.0691. The van der Waals surface area contributed by atoms with Crippen LogP contribution in [0.15, 0.2) is 30.6 Å². The predicted octanol–water partition coefficient (Wildman–Crippen LogP) is 1.61. The molecule has 0 spiro atoms. The molecule has 2 aliphatic rings. The van der Waals surface area contributed by atoms with E-state index in [1.165, 1.54) is 13.1 Å². The number of rotatable bonds is 2. The predicted molar refractivity (Wildman–Crippen MR) is 84.5 cm³/mol. The molecule has 0 radical (unpaired) electrons. The molecule has 122 valence electrons. The number of imidazole rings is 1. The molecule has 4 rings (SSSR count). The van der Waals surface area contributed by atoms with E-state index in [9.17, 15) is 14.4 Å². The van der Waals surface area contributed by atoms with Crippen molar-refractivity contribution in [3.8, 4) is 0 Å². The van der Waals surface area contributed by atoms with Crippen LogP contribution < -0.4 is 0 Å². The van der Waals surface area contributed by atoms with Crippen molar-refractivity contribution in [2.75, 3.05) is 13.6 Å². The van der Waals surface area contributed by atoms with E-state index in [1.807, 2.05) is 0 Å². The molecule has 3 amide bonds. The number of nitrogens with one attached hydrogen (secondary N) is 1. The summed E-state index contributed by atoms with van der Waals surface area (Å²) in [5.74, 6) is -0.0724. The lowest BCUT2D eigenvalue weighted by Crippen LogP contribution is -2.31. The Bertz CT molecular complexity index is 844. The topological polar surface area (TPSA) is 86.4 Å². The smallest absolute Gasteiger partial charge is 0.261 e. The van der Waals surface area contributed by atoms with Crippen LogP contribution in [0.1, 0.15) is 55.8 Å². The van der Waals surface area contributed by atoms with Crippen molar-refractivity contribution in [2.45, 2.75) is 18.9 Å². The Labute approximate surface area is 138 Å². The lowest BCUT2D eigenvalue weighted by atomic mass is 10.0. The normalized spacial score (nSPS) is 20.0. The van der Waals surface area contributed by atoms with Crippen LogP contribution in [0.4, 0.5) is 0 Å². The highest BCUT2D eigenvalue weighted by atomic mass is 16.2. The number of benzene rings is 1. The highest BCUT2D eigenvalue weighted by Crippen LogP contribution is 2.32. The second-order valence-corrected chi connectivity index (χ2v) is 6.06. The fourth-order valence-electron chi connectivity index (χ4n) is 3.41. The van der Waals surface area contributed by atoms with Crippen LogP contribution in [-0.4, -0.2) is 51.1 Å². The van der Waals surface area contributed by atoms with E-state index in [4.69, 9.17) is 0 Å². The maximum Gasteiger partial charge on any atom is 0.261 e. The van der Waals surface area contributed by atoms with Crippen LogP contribution >= 0.6 is 0 Å². The summed E-state index contributed by atoms with van der Waals surface area (Å²) in [6.07, 6.45) is 5.17. The number of hydrogen-bond acceptors (Lipinski definition) is 4. The highest BCUT2D eigenvalue weighted by Gasteiger charge is 2.36. The summed E-state index contributed by atoms with van der Waals surface area (Å²) >= 11 is 0. The summed E-state index contributed by atoms with van der Waals surface area (Å²) in [6, 6.07) is 4.62. The SMILES string of the molecule is CN1C(=O)c2ccc(C(=O)N3CCCC3c3ncc[nH]3)cc2C1=O. The number of hydrogen-bond donors (Lipinski definition) is 1. The van der Waals surface area contributed by atoms with Crippen LogP contribution in [0.5, 0.6) is 0 Å². The zero-order chi connectivity index (χ0) is 16.8. The van der Waals surface area contributed by atoms with E-state index in [2.05, 4.69) is 9.97 Å². The number of carbonyl (C=O) groups is 3. The van der Waals surface area contributed by atoms with Crippen molar-refractivity contribution in [3.05, 3.63) is 53.1 Å². The van der Waals surface area contributed by atoms with Crippen molar-refractivity contribution in [3.63, 3.8) is 0 Å². The molecule has 0 aliphatic carbocycles. The van der Waals surface area contributed by atoms with Crippen molar-refractivity contribution in [2.24, 2.45) is 0 Å². The van der Waals surface area contributed by atoms with Gasteiger partial charge in [0.15, 0.2) is 0 Å². The van der Waals surface area contributed by atoms with E-state index in [0.29, 0.717) is 23.2 Å². The van der Waals surface area contributed by atoms with Gasteiger partial charge in [0.1, 0.15) is 5.82 Å². The Morgan fingerprint density at radius 2 is 2.04 bits per heavy atom. The molecule has 2 aliphatic heterocycles. The molecule has 24 heavy (non-hydrogen) atoms. The molecule has 1 aromatic carbocycles. The average molecular weight is 324 g/mol. The molecule has 1 aromatic heterocycles. The van der Waals surface area contributed by atoms with Gasteiger partial charge in [-0.25, -0.2) is 4.98 Å². The van der Waals surface area contributed by atoms with Gasteiger partial charge in [-0.1, -0.05) is 0 Å². The minimum absolute atomic E-state index is 0.0826. The quantitative estimate of drug-likeness (QED) is 0.850. The van der Waals surface area contributed by atoms with Gasteiger partial charge < -0.3 is 9.88 Å². The van der Waals surface area contributed by atoms with E-state index >= 15 is 0 Å². The van der Waals surface area contributed by atoms with Crippen LogP contribution in [0, 0.1) is 0 Å². The number of carbonyl (C=O) groups excluding carboxylic acids is 3. The summed E-state index contributed by atoms with van der Waals surface area (Å²) in [7, 11) is 1.44. The summed E-state index contributed by atoms with van der Waals surface area (Å²) in [6.45, 7) is 0.647. The Hall–Kier alpha value is -2.96. The van der Waals surface area contributed by atoms with Crippen molar-refractivity contribution in [1.29, 1.82) is 0 Å². The number of amides is 3. The maximum absolute atomic E-state index is 12.9. The fourth-order valence-corrected chi connectivity index (χ4v) is 3.41. The third-order valence-electron chi connectivity index (χ3n) is 4.69. The first kappa shape index (κ1) is 14.6. The number of imide groups is 1. The maximum atomic E-state index is 12.9. The zero-order valence-electron chi connectivity index (χ0n) is 13.2. The second-order valence-electron chi connectivity index (χ2n) is 6.06. The molecule has 1 unspecified atom stereocenters. The molecule has 0 saturated carbocycles. The highest BCUT2D eigenvalue weighted by molar-refractivity contribution is 6.21. The van der Waals surface area contributed by atoms with Gasteiger partial charge in [0.05, 0.1) is 17.2 Å².